The minimum atomic E-state index is -0.971. The molecule has 13 heteroatoms. The summed E-state index contributed by atoms with van der Waals surface area (Å²) in [5, 5.41) is 23.8. The molecule has 0 spiro atoms. The van der Waals surface area contributed by atoms with Crippen molar-refractivity contribution in [2.75, 3.05) is 26.2 Å². The van der Waals surface area contributed by atoms with E-state index in [0.717, 1.165) is 68.3 Å². The molecule has 310 valence electrons. The highest BCUT2D eigenvalue weighted by Gasteiger charge is 2.49. The first-order valence-corrected chi connectivity index (χ1v) is 22.1. The number of carbonyl (C=O) groups excluding carboxylic acids is 3. The largest absolute Gasteiger partial charge is 0.464 e. The van der Waals surface area contributed by atoms with Crippen molar-refractivity contribution in [2.45, 2.75) is 117 Å². The lowest BCUT2D eigenvalue weighted by Crippen LogP contribution is -2.60. The number of hydrogen-bond donors (Lipinski definition) is 4. The third-order valence-corrected chi connectivity index (χ3v) is 14.0. The molecule has 12 nitrogen and oxygen atoms in total. The molecule has 2 saturated heterocycles. The molecule has 3 aromatic heterocycles. The molecule has 4 aromatic rings. The number of hydrazine groups is 1. The molecule has 4 N–H and O–H groups in total. The quantitative estimate of drug-likeness (QED) is 0.170. The highest BCUT2D eigenvalue weighted by molar-refractivity contribution is 7.10. The number of aromatic nitrogens is 3. The van der Waals surface area contributed by atoms with E-state index in [-0.39, 0.29) is 48.5 Å². The second-order valence-electron chi connectivity index (χ2n) is 18.3. The van der Waals surface area contributed by atoms with Crippen LogP contribution in [0.25, 0.3) is 33.4 Å². The first-order valence-electron chi connectivity index (χ1n) is 21.3. The smallest absolute Gasteiger partial charge is 0.324 e. The third kappa shape index (κ3) is 7.71. The number of aryl methyl sites for hydroxylation is 1. The number of aliphatic hydroxyl groups is 1. The van der Waals surface area contributed by atoms with Gasteiger partial charge in [0, 0.05) is 70.0 Å². The zero-order valence-electron chi connectivity index (χ0n) is 35.0. The molecule has 8 rings (SSSR count). The maximum absolute atomic E-state index is 14.2. The summed E-state index contributed by atoms with van der Waals surface area (Å²) < 4.78 is 8.49. The van der Waals surface area contributed by atoms with Crippen LogP contribution >= 0.6 is 11.3 Å². The average molecular weight is 810 g/mol. The Bertz CT molecular complexity index is 2210. The summed E-state index contributed by atoms with van der Waals surface area (Å²) in [5.74, 6) is -0.275. The monoisotopic (exact) mass is 809 g/mol. The van der Waals surface area contributed by atoms with E-state index >= 15 is 0 Å². The Labute approximate surface area is 345 Å². The molecule has 3 aliphatic heterocycles. The fourth-order valence-corrected chi connectivity index (χ4v) is 10.3. The van der Waals surface area contributed by atoms with Crippen molar-refractivity contribution in [3.63, 3.8) is 0 Å². The normalized spacial score (nSPS) is 26.0. The number of cyclic esters (lactones) is 1. The van der Waals surface area contributed by atoms with E-state index in [4.69, 9.17) is 14.7 Å². The van der Waals surface area contributed by atoms with Crippen LogP contribution in [-0.4, -0.2) is 80.8 Å². The van der Waals surface area contributed by atoms with E-state index in [1.54, 1.807) is 0 Å². The van der Waals surface area contributed by atoms with Crippen molar-refractivity contribution >= 4 is 40.0 Å². The minimum absolute atomic E-state index is 0.118. The number of benzene rings is 1. The molecule has 6 bridgehead atoms. The van der Waals surface area contributed by atoms with Crippen molar-refractivity contribution < 1.29 is 24.2 Å². The van der Waals surface area contributed by atoms with Crippen molar-refractivity contribution in [1.82, 2.24) is 35.6 Å². The number of hydrogen-bond acceptors (Lipinski definition) is 10. The van der Waals surface area contributed by atoms with Crippen LogP contribution in [0.4, 0.5) is 0 Å². The number of rotatable bonds is 6. The van der Waals surface area contributed by atoms with E-state index in [9.17, 15) is 19.5 Å². The maximum atomic E-state index is 14.2. The van der Waals surface area contributed by atoms with Gasteiger partial charge in [0.25, 0.3) is 5.91 Å². The van der Waals surface area contributed by atoms with Crippen LogP contribution < -0.4 is 16.1 Å². The highest BCUT2D eigenvalue weighted by Crippen LogP contribution is 2.46. The average Bonchev–Trinajstić information content (AvgIpc) is 3.48. The fourth-order valence-electron chi connectivity index (χ4n) is 9.43. The highest BCUT2D eigenvalue weighted by atomic mass is 32.1. The summed E-state index contributed by atoms with van der Waals surface area (Å²) in [6.07, 6.45) is 5.10. The number of piperidine rings is 1. The van der Waals surface area contributed by atoms with Gasteiger partial charge in [-0.15, -0.1) is 11.3 Å². The molecule has 4 aliphatic rings. The number of carbonyl (C=O) groups is 3. The van der Waals surface area contributed by atoms with Gasteiger partial charge in [0.05, 0.1) is 34.3 Å². The number of nitrogens with one attached hydrogen (secondary N) is 3. The summed E-state index contributed by atoms with van der Waals surface area (Å²) >= 11 is 1.48. The van der Waals surface area contributed by atoms with Gasteiger partial charge < -0.3 is 25.0 Å². The number of amides is 2. The number of thiazole rings is 1. The van der Waals surface area contributed by atoms with Crippen LogP contribution in [-0.2, 0) is 44.1 Å². The fraction of sp³-hybridized carbons (Fsp3) is 0.578. The Morgan fingerprint density at radius 2 is 1.90 bits per heavy atom. The predicted octanol–water partition coefficient (Wildman–Crippen LogP) is 6.09. The first kappa shape index (κ1) is 40.6. The molecule has 1 unspecified atom stereocenters. The van der Waals surface area contributed by atoms with Gasteiger partial charge in [-0.2, -0.15) is 0 Å². The zero-order valence-corrected chi connectivity index (χ0v) is 35.8. The van der Waals surface area contributed by atoms with E-state index < -0.39 is 29.1 Å². The minimum Gasteiger partial charge on any atom is -0.464 e. The number of nitrogens with zero attached hydrogens (tertiary/aromatic N) is 4. The van der Waals surface area contributed by atoms with Crippen LogP contribution in [0.15, 0.2) is 35.8 Å². The number of fused-ring (bicyclic) bond motifs is 6. The lowest BCUT2D eigenvalue weighted by Gasteiger charge is -2.35. The molecule has 1 aliphatic carbocycles. The van der Waals surface area contributed by atoms with Gasteiger partial charge in [0.1, 0.15) is 12.1 Å². The van der Waals surface area contributed by atoms with Gasteiger partial charge in [-0.3, -0.25) is 24.4 Å². The van der Waals surface area contributed by atoms with E-state index in [1.807, 2.05) is 11.6 Å². The SMILES string of the molecule is CCn1c(-c2cc(C3(O)CCNCC3)cnc2C(C)C)c2c3cc(ccc31)-c1csc(n1)C[C@H](NC(=O)C1[C@@H](C)[C@H]1C)C(=O)N1CCC[C@H](N1)C(=O)OCC(C)(C)C2. The van der Waals surface area contributed by atoms with Crippen molar-refractivity contribution in [3.8, 4) is 22.5 Å². The number of ether oxygens (including phenoxy) is 1. The molecular weight excluding hydrogens is 751 g/mol. The summed E-state index contributed by atoms with van der Waals surface area (Å²) in [6.45, 7) is 17.7. The zero-order chi connectivity index (χ0) is 41.1. The maximum Gasteiger partial charge on any atom is 0.324 e. The number of pyridine rings is 1. The van der Waals surface area contributed by atoms with Gasteiger partial charge in [-0.1, -0.05) is 47.6 Å². The second kappa shape index (κ2) is 15.8. The van der Waals surface area contributed by atoms with Gasteiger partial charge >= 0.3 is 5.97 Å². The molecule has 0 radical (unpaired) electrons. The lowest BCUT2D eigenvalue weighted by atomic mass is 9.82. The molecule has 1 saturated carbocycles. The van der Waals surface area contributed by atoms with Crippen LogP contribution in [0.1, 0.15) is 102 Å². The van der Waals surface area contributed by atoms with Crippen molar-refractivity contribution in [3.05, 3.63) is 57.7 Å². The van der Waals surface area contributed by atoms with E-state index in [2.05, 4.69) is 93.4 Å². The summed E-state index contributed by atoms with van der Waals surface area (Å²) in [6, 6.07) is 7.14. The third-order valence-electron chi connectivity index (χ3n) is 13.1. The Kier molecular flexibility index (Phi) is 11.0. The van der Waals surface area contributed by atoms with Crippen molar-refractivity contribution in [2.24, 2.45) is 23.2 Å². The van der Waals surface area contributed by atoms with Crippen LogP contribution in [0, 0.1) is 23.2 Å². The Morgan fingerprint density at radius 3 is 2.60 bits per heavy atom. The molecule has 6 heterocycles. The topological polar surface area (TPSA) is 151 Å². The van der Waals surface area contributed by atoms with Gasteiger partial charge in [-0.05, 0) is 93.6 Å². The number of esters is 1. The van der Waals surface area contributed by atoms with Crippen LogP contribution in [0.3, 0.4) is 0 Å². The molecule has 58 heavy (non-hydrogen) atoms. The Hall–Kier alpha value is -4.17. The van der Waals surface area contributed by atoms with E-state index in [0.29, 0.717) is 45.2 Å². The van der Waals surface area contributed by atoms with Crippen LogP contribution in [0.5, 0.6) is 0 Å². The summed E-state index contributed by atoms with van der Waals surface area (Å²) in [4.78, 5) is 51.6. The summed E-state index contributed by atoms with van der Waals surface area (Å²) in [7, 11) is 0. The standard InChI is InChI=1S/C45H59N7O5S/c1-8-51-36-12-11-28-18-30(36)32(40(51)31-19-29(22-47-39(31)25(2)3)45(56)13-15-46-16-14-45)21-44(6,7)24-57-43(55)33-10-9-17-52(50-33)42(54)34(20-37-48-35(28)23-58-37)49-41(53)38-26(4)27(38)5/h11-12,18-19,22-23,25-27,33-34,38,46,50,56H,8-10,13-17,20-21,24H2,1-7H3,(H,49,53)/t26-,27+,33-,34-,38?/m0/s1. The Morgan fingerprint density at radius 1 is 1.14 bits per heavy atom. The first-order chi connectivity index (χ1) is 27.7. The lowest BCUT2D eigenvalue weighted by molar-refractivity contribution is -0.155. The molecular formula is C45H59N7O5S. The molecule has 1 aromatic carbocycles. The summed E-state index contributed by atoms with van der Waals surface area (Å²) in [5.41, 5.74) is 9.58. The van der Waals surface area contributed by atoms with Gasteiger partial charge in [-0.25, -0.2) is 10.4 Å². The predicted molar refractivity (Wildman–Crippen MR) is 226 cm³/mol. The Balaban J connectivity index is 1.26. The molecule has 2 amide bonds. The van der Waals surface area contributed by atoms with Gasteiger partial charge in [0.15, 0.2) is 0 Å². The van der Waals surface area contributed by atoms with Gasteiger partial charge in [0.2, 0.25) is 5.91 Å². The van der Waals surface area contributed by atoms with Crippen LogP contribution in [0.2, 0.25) is 0 Å². The molecule has 5 atom stereocenters. The van der Waals surface area contributed by atoms with E-state index in [1.165, 1.54) is 16.3 Å². The van der Waals surface area contributed by atoms with Crippen molar-refractivity contribution in [1.29, 1.82) is 0 Å². The second-order valence-corrected chi connectivity index (χ2v) is 19.2. The molecule has 3 fully saturated rings.